The van der Waals surface area contributed by atoms with E-state index in [0.29, 0.717) is 0 Å². The molecule has 19 heavy (non-hydrogen) atoms. The maximum atomic E-state index is 11.5. The molecule has 2 heterocycles. The summed E-state index contributed by atoms with van der Waals surface area (Å²) in [4.78, 5) is 15.6. The molecule has 0 spiro atoms. The Labute approximate surface area is 113 Å². The summed E-state index contributed by atoms with van der Waals surface area (Å²) in [6.07, 6.45) is 1.89. The molecular weight excluding hydrogens is 258 g/mol. The summed E-state index contributed by atoms with van der Waals surface area (Å²) >= 11 is 1.56. The third kappa shape index (κ3) is 1.47. The number of rotatable bonds is 0. The fraction of sp³-hybridized carbons (Fsp3) is 0.133. The van der Waals surface area contributed by atoms with Crippen LogP contribution in [0.15, 0.2) is 35.1 Å². The molecule has 0 saturated carbocycles. The van der Waals surface area contributed by atoms with Gasteiger partial charge in [0.25, 0.3) is 5.56 Å². The van der Waals surface area contributed by atoms with Crippen molar-refractivity contribution < 1.29 is 5.11 Å². The molecule has 0 aliphatic heterocycles. The van der Waals surface area contributed by atoms with Crippen LogP contribution in [0.2, 0.25) is 0 Å². The maximum absolute atomic E-state index is 11.5. The summed E-state index contributed by atoms with van der Waals surface area (Å²) in [6.45, 7) is 0. The molecule has 1 aliphatic rings. The lowest BCUT2D eigenvalue weighted by atomic mass is 9.91. The third-order valence-electron chi connectivity index (χ3n) is 3.66. The van der Waals surface area contributed by atoms with Crippen LogP contribution in [0, 0.1) is 0 Å². The second-order valence-electron chi connectivity index (χ2n) is 4.79. The van der Waals surface area contributed by atoms with Gasteiger partial charge in [0.05, 0.1) is 10.2 Å². The van der Waals surface area contributed by atoms with Crippen molar-refractivity contribution >= 4 is 21.6 Å². The number of aromatic hydroxyl groups is 1. The van der Waals surface area contributed by atoms with Gasteiger partial charge >= 0.3 is 0 Å². The van der Waals surface area contributed by atoms with Crippen molar-refractivity contribution in [2.45, 2.75) is 12.8 Å². The smallest absolute Gasteiger partial charge is 0.252 e. The van der Waals surface area contributed by atoms with Crippen LogP contribution in [0.25, 0.3) is 20.7 Å². The van der Waals surface area contributed by atoms with Crippen LogP contribution in [-0.4, -0.2) is 10.1 Å². The maximum Gasteiger partial charge on any atom is 0.252 e. The fourth-order valence-corrected chi connectivity index (χ4v) is 4.08. The first-order chi connectivity index (χ1) is 9.24. The predicted molar refractivity (Wildman–Crippen MR) is 77.0 cm³/mol. The van der Waals surface area contributed by atoms with Crippen molar-refractivity contribution in [2.24, 2.45) is 0 Å². The van der Waals surface area contributed by atoms with E-state index in [9.17, 15) is 9.90 Å². The number of pyridine rings is 1. The summed E-state index contributed by atoms with van der Waals surface area (Å²) in [6, 6.07) is 9.58. The molecule has 1 aromatic carbocycles. The summed E-state index contributed by atoms with van der Waals surface area (Å²) < 4.78 is 0.779. The number of aryl methyl sites for hydroxylation is 2. The van der Waals surface area contributed by atoms with Gasteiger partial charge in [-0.05, 0) is 29.5 Å². The van der Waals surface area contributed by atoms with Crippen LogP contribution in [0.3, 0.4) is 0 Å². The highest BCUT2D eigenvalue weighted by Gasteiger charge is 2.22. The van der Waals surface area contributed by atoms with Gasteiger partial charge in [-0.15, -0.1) is 11.3 Å². The van der Waals surface area contributed by atoms with E-state index >= 15 is 0 Å². The van der Waals surface area contributed by atoms with E-state index in [-0.39, 0.29) is 11.3 Å². The molecule has 2 aromatic heterocycles. The van der Waals surface area contributed by atoms with Crippen molar-refractivity contribution in [1.29, 1.82) is 0 Å². The van der Waals surface area contributed by atoms with Crippen molar-refractivity contribution in [2.75, 3.05) is 0 Å². The Hall–Kier alpha value is -2.07. The van der Waals surface area contributed by atoms with Crippen molar-refractivity contribution in [1.82, 2.24) is 4.98 Å². The highest BCUT2D eigenvalue weighted by atomic mass is 32.1. The molecule has 4 heteroatoms. The van der Waals surface area contributed by atoms with Crippen molar-refractivity contribution in [3.8, 4) is 16.2 Å². The number of aromatic amines is 1. The highest BCUT2D eigenvalue weighted by molar-refractivity contribution is 7.22. The van der Waals surface area contributed by atoms with E-state index in [0.717, 1.165) is 28.6 Å². The van der Waals surface area contributed by atoms with Gasteiger partial charge in [0.1, 0.15) is 5.75 Å². The molecule has 0 unspecified atom stereocenters. The highest BCUT2D eigenvalue weighted by Crippen LogP contribution is 2.44. The lowest BCUT2D eigenvalue weighted by Gasteiger charge is -2.15. The number of hydrogen-bond donors (Lipinski definition) is 2. The van der Waals surface area contributed by atoms with Crippen LogP contribution in [0.1, 0.15) is 11.1 Å². The molecule has 2 N–H and O–H groups in total. The molecule has 94 valence electrons. The van der Waals surface area contributed by atoms with E-state index in [4.69, 9.17) is 0 Å². The van der Waals surface area contributed by atoms with E-state index in [2.05, 4.69) is 23.2 Å². The van der Waals surface area contributed by atoms with Crippen LogP contribution in [0.4, 0.5) is 0 Å². The van der Waals surface area contributed by atoms with Crippen molar-refractivity contribution in [3.05, 3.63) is 51.8 Å². The van der Waals surface area contributed by atoms with E-state index in [1.165, 1.54) is 22.1 Å². The molecule has 3 aromatic rings. The minimum absolute atomic E-state index is 0.0793. The molecule has 4 rings (SSSR count). The Bertz CT molecular complexity index is 860. The van der Waals surface area contributed by atoms with Crippen LogP contribution < -0.4 is 5.56 Å². The van der Waals surface area contributed by atoms with Crippen LogP contribution >= 0.6 is 11.3 Å². The SMILES string of the molecule is O=c1cc(O)c2sc3c(c2[nH]1)CCc1ccccc1-3. The summed E-state index contributed by atoms with van der Waals surface area (Å²) in [7, 11) is 0. The average molecular weight is 269 g/mol. The standard InChI is InChI=1S/C15H11NO2S/c17-11-7-12(18)16-13-10-6-5-8-3-1-2-4-9(8)14(10)19-15(11)13/h1-4,7H,5-6H2,(H2,16,17,18). The monoisotopic (exact) mass is 269 g/mol. The number of benzene rings is 1. The Balaban J connectivity index is 2.13. The van der Waals surface area contributed by atoms with Gasteiger partial charge < -0.3 is 10.1 Å². The van der Waals surface area contributed by atoms with Gasteiger partial charge in [-0.25, -0.2) is 0 Å². The normalized spacial score (nSPS) is 13.3. The van der Waals surface area contributed by atoms with Crippen LogP contribution in [0.5, 0.6) is 5.75 Å². The third-order valence-corrected chi connectivity index (χ3v) is 4.95. The second-order valence-corrected chi connectivity index (χ2v) is 5.81. The molecule has 0 saturated heterocycles. The molecule has 0 atom stereocenters. The van der Waals surface area contributed by atoms with Gasteiger partial charge in [0.2, 0.25) is 0 Å². The number of aromatic nitrogens is 1. The van der Waals surface area contributed by atoms with Gasteiger partial charge in [-0.1, -0.05) is 24.3 Å². The Morgan fingerprint density at radius 1 is 1.21 bits per heavy atom. The first-order valence-corrected chi connectivity index (χ1v) is 7.01. The first kappa shape index (κ1) is 10.8. The van der Waals surface area contributed by atoms with E-state index in [1.807, 2.05) is 6.07 Å². The summed E-state index contributed by atoms with van der Waals surface area (Å²) in [5.74, 6) is 0.0793. The molecule has 0 fully saturated rings. The second kappa shape index (κ2) is 3.71. The molecule has 1 aliphatic carbocycles. The minimum Gasteiger partial charge on any atom is -0.506 e. The molecule has 3 nitrogen and oxygen atoms in total. The van der Waals surface area contributed by atoms with Gasteiger partial charge in [0.15, 0.2) is 0 Å². The topological polar surface area (TPSA) is 53.1 Å². The van der Waals surface area contributed by atoms with Crippen LogP contribution in [-0.2, 0) is 12.8 Å². The number of nitrogens with one attached hydrogen (secondary N) is 1. The van der Waals surface area contributed by atoms with Crippen molar-refractivity contribution in [3.63, 3.8) is 0 Å². The largest absolute Gasteiger partial charge is 0.506 e. The Morgan fingerprint density at radius 3 is 2.95 bits per heavy atom. The van der Waals surface area contributed by atoms with Gasteiger partial charge in [0, 0.05) is 10.9 Å². The molecule has 0 bridgehead atoms. The van der Waals surface area contributed by atoms with E-state index in [1.54, 1.807) is 11.3 Å². The molecule has 0 amide bonds. The zero-order chi connectivity index (χ0) is 13.0. The zero-order valence-electron chi connectivity index (χ0n) is 10.1. The Morgan fingerprint density at radius 2 is 2.05 bits per heavy atom. The zero-order valence-corrected chi connectivity index (χ0v) is 10.9. The predicted octanol–water partition coefficient (Wildman–Crippen LogP) is 3.06. The quantitative estimate of drug-likeness (QED) is 0.659. The molecular formula is C15H11NO2S. The lowest BCUT2D eigenvalue weighted by Crippen LogP contribution is -2.05. The summed E-state index contributed by atoms with van der Waals surface area (Å²) in [5, 5.41) is 9.94. The number of fused-ring (bicyclic) bond motifs is 5. The van der Waals surface area contributed by atoms with Gasteiger partial charge in [-0.2, -0.15) is 0 Å². The molecule has 0 radical (unpaired) electrons. The number of thiophene rings is 1. The minimum atomic E-state index is -0.246. The van der Waals surface area contributed by atoms with Gasteiger partial charge in [-0.3, -0.25) is 4.79 Å². The number of H-pyrrole nitrogens is 1. The average Bonchev–Trinajstić information content (AvgIpc) is 2.78. The number of hydrogen-bond acceptors (Lipinski definition) is 3. The van der Waals surface area contributed by atoms with E-state index < -0.39 is 0 Å². The Kier molecular flexibility index (Phi) is 2.11. The first-order valence-electron chi connectivity index (χ1n) is 6.20. The lowest BCUT2D eigenvalue weighted by molar-refractivity contribution is 0.481. The fourth-order valence-electron chi connectivity index (χ4n) is 2.80. The summed E-state index contributed by atoms with van der Waals surface area (Å²) in [5.41, 5.74) is 4.28.